The Hall–Kier alpha value is -4.34. The van der Waals surface area contributed by atoms with Gasteiger partial charge in [-0.15, -0.1) is 16.5 Å². The standard InChI is InChI=1S/C40H33F13IN3O2S/c1-2-21-57(24-28-5-3-27(4-6-28)19-20-35(41,42)36(43,44)37(45,46)38(47,48)39(49,50)40(51,52)53)56-55-30-15-9-26(10-16-30)12-18-32-34-33(58-22-23-59-34)31(60-32)17-11-25-7-13-29(54)14-8-25/h3-18H,2,19-24H2,1H3/b17-11+,18-12+,56-55?. The highest BCUT2D eigenvalue weighted by atomic mass is 127. The van der Waals surface area contributed by atoms with Crippen molar-refractivity contribution >= 4 is 63.9 Å². The van der Waals surface area contributed by atoms with Crippen LogP contribution in [-0.4, -0.2) is 60.6 Å². The van der Waals surface area contributed by atoms with E-state index in [1.807, 2.05) is 67.6 Å². The lowest BCUT2D eigenvalue weighted by atomic mass is 9.91. The quantitative estimate of drug-likeness (QED) is 0.0458. The minimum absolute atomic E-state index is 0.111. The maximum Gasteiger partial charge on any atom is 0.460 e. The first-order valence-electron chi connectivity index (χ1n) is 17.8. The van der Waals surface area contributed by atoms with E-state index in [0.29, 0.717) is 48.9 Å². The Morgan fingerprint density at radius 1 is 0.633 bits per heavy atom. The minimum atomic E-state index is -7.92. The monoisotopic (exact) mass is 993 g/mol. The Kier molecular flexibility index (Phi) is 14.3. The lowest BCUT2D eigenvalue weighted by molar-refractivity contribution is -0.440. The van der Waals surface area contributed by atoms with Gasteiger partial charge in [0.25, 0.3) is 0 Å². The first-order valence-corrected chi connectivity index (χ1v) is 19.7. The molecule has 2 heterocycles. The average molecular weight is 994 g/mol. The molecule has 1 aromatic heterocycles. The van der Waals surface area contributed by atoms with Crippen LogP contribution in [0.1, 0.15) is 51.8 Å². The third kappa shape index (κ3) is 10.1. The van der Waals surface area contributed by atoms with E-state index in [1.165, 1.54) is 23.5 Å². The van der Waals surface area contributed by atoms with E-state index >= 15 is 0 Å². The largest absolute Gasteiger partial charge is 0.485 e. The summed E-state index contributed by atoms with van der Waals surface area (Å²) in [6, 6.07) is 20.2. The molecule has 1 aliphatic heterocycles. The molecule has 4 aromatic rings. The second kappa shape index (κ2) is 18.3. The number of rotatable bonds is 17. The molecule has 0 saturated carbocycles. The smallest absolute Gasteiger partial charge is 0.460 e. The molecule has 5 rings (SSSR count). The molecule has 0 aliphatic carbocycles. The number of nitrogens with zero attached hydrogens (tertiary/aromatic N) is 3. The van der Waals surface area contributed by atoms with Gasteiger partial charge in [0.05, 0.1) is 22.0 Å². The summed E-state index contributed by atoms with van der Waals surface area (Å²) in [4.78, 5) is 1.80. The molecule has 60 heavy (non-hydrogen) atoms. The van der Waals surface area contributed by atoms with Gasteiger partial charge in [0, 0.05) is 16.5 Å². The first kappa shape index (κ1) is 46.7. The van der Waals surface area contributed by atoms with Crippen LogP contribution in [0.15, 0.2) is 83.1 Å². The Balaban J connectivity index is 1.19. The van der Waals surface area contributed by atoms with Crippen molar-refractivity contribution in [3.05, 3.63) is 108 Å². The number of benzene rings is 3. The van der Waals surface area contributed by atoms with Crippen LogP contribution in [0, 0.1) is 3.57 Å². The van der Waals surface area contributed by atoms with E-state index < -0.39 is 48.6 Å². The molecule has 0 fully saturated rings. The second-order valence-electron chi connectivity index (χ2n) is 13.4. The van der Waals surface area contributed by atoms with Crippen LogP contribution in [0.4, 0.5) is 62.8 Å². The molecule has 3 aromatic carbocycles. The maximum atomic E-state index is 14.3. The molecule has 20 heteroatoms. The number of fused-ring (bicyclic) bond motifs is 1. The summed E-state index contributed by atoms with van der Waals surface area (Å²) in [6.07, 6.45) is -2.45. The van der Waals surface area contributed by atoms with Gasteiger partial charge in [0.15, 0.2) is 11.5 Å². The molecule has 1 aliphatic rings. The summed E-state index contributed by atoms with van der Waals surface area (Å²) < 4.78 is 188. The molecule has 0 saturated heterocycles. The van der Waals surface area contributed by atoms with Crippen molar-refractivity contribution in [2.75, 3.05) is 19.8 Å². The van der Waals surface area contributed by atoms with Gasteiger partial charge in [-0.1, -0.05) is 72.8 Å². The minimum Gasteiger partial charge on any atom is -0.485 e. The van der Waals surface area contributed by atoms with Crippen LogP contribution in [0.25, 0.3) is 24.3 Å². The number of alkyl halides is 13. The third-order valence-electron chi connectivity index (χ3n) is 8.95. The first-order chi connectivity index (χ1) is 28.0. The molecule has 0 radical (unpaired) electrons. The van der Waals surface area contributed by atoms with E-state index in [2.05, 4.69) is 32.9 Å². The van der Waals surface area contributed by atoms with Crippen molar-refractivity contribution < 1.29 is 66.5 Å². The van der Waals surface area contributed by atoms with Crippen molar-refractivity contribution in [3.8, 4) is 11.5 Å². The van der Waals surface area contributed by atoms with Gasteiger partial charge in [-0.3, -0.25) is 5.01 Å². The third-order valence-corrected chi connectivity index (χ3v) is 10.8. The van der Waals surface area contributed by atoms with Crippen molar-refractivity contribution in [3.63, 3.8) is 0 Å². The molecule has 0 unspecified atom stereocenters. The predicted molar refractivity (Wildman–Crippen MR) is 210 cm³/mol. The van der Waals surface area contributed by atoms with Crippen molar-refractivity contribution in [1.29, 1.82) is 0 Å². The van der Waals surface area contributed by atoms with Gasteiger partial charge in [-0.2, -0.15) is 57.1 Å². The number of ether oxygens (including phenoxy) is 2. The van der Waals surface area contributed by atoms with Gasteiger partial charge in [-0.25, -0.2) is 0 Å². The van der Waals surface area contributed by atoms with E-state index in [9.17, 15) is 57.1 Å². The fraction of sp³-hybridized carbons (Fsp3) is 0.350. The average Bonchev–Trinajstić information content (AvgIpc) is 3.55. The molecule has 5 nitrogen and oxygen atoms in total. The summed E-state index contributed by atoms with van der Waals surface area (Å²) in [5.41, 5.74) is 2.71. The molecule has 0 amide bonds. The van der Waals surface area contributed by atoms with E-state index in [4.69, 9.17) is 9.47 Å². The Morgan fingerprint density at radius 3 is 1.62 bits per heavy atom. The fourth-order valence-electron chi connectivity index (χ4n) is 5.60. The molecule has 324 valence electrons. The maximum absolute atomic E-state index is 14.3. The molecule has 0 bridgehead atoms. The summed E-state index contributed by atoms with van der Waals surface area (Å²) in [5.74, 6) is -35.6. The van der Waals surface area contributed by atoms with Crippen LogP contribution in [-0.2, 0) is 13.0 Å². The van der Waals surface area contributed by atoms with Crippen LogP contribution >= 0.6 is 33.9 Å². The number of hydrogen-bond acceptors (Lipinski definition) is 5. The fourth-order valence-corrected chi connectivity index (χ4v) is 6.95. The second-order valence-corrected chi connectivity index (χ2v) is 15.7. The zero-order valence-electron chi connectivity index (χ0n) is 31.0. The molecule has 0 atom stereocenters. The van der Waals surface area contributed by atoms with Crippen LogP contribution in [0.3, 0.4) is 0 Å². The number of thiophene rings is 1. The van der Waals surface area contributed by atoms with E-state index in [0.717, 1.165) is 36.6 Å². The highest BCUT2D eigenvalue weighted by Crippen LogP contribution is 2.60. The van der Waals surface area contributed by atoms with Gasteiger partial charge < -0.3 is 9.47 Å². The summed E-state index contributed by atoms with van der Waals surface area (Å²) in [5, 5.41) is 10.1. The molecule has 0 spiro atoms. The lowest BCUT2D eigenvalue weighted by Gasteiger charge is -2.39. The molecule has 0 N–H and O–H groups in total. The molecular weight excluding hydrogens is 960 g/mol. The summed E-state index contributed by atoms with van der Waals surface area (Å²) >= 11 is 3.77. The Morgan fingerprint density at radius 2 is 1.12 bits per heavy atom. The highest BCUT2D eigenvalue weighted by molar-refractivity contribution is 14.1. The Labute approximate surface area is 352 Å². The number of halogens is 14. The van der Waals surface area contributed by atoms with Gasteiger partial charge in [-0.05, 0) is 94.1 Å². The summed E-state index contributed by atoms with van der Waals surface area (Å²) in [6.45, 7) is 3.23. The molecular formula is C40H33F13IN3O2S. The van der Waals surface area contributed by atoms with Crippen molar-refractivity contribution in [2.24, 2.45) is 10.3 Å². The predicted octanol–water partition coefficient (Wildman–Crippen LogP) is 14.0. The van der Waals surface area contributed by atoms with E-state index in [-0.39, 0.29) is 12.1 Å². The zero-order chi connectivity index (χ0) is 44.1. The Bertz CT molecular complexity index is 2150. The van der Waals surface area contributed by atoms with Crippen LogP contribution < -0.4 is 9.47 Å². The van der Waals surface area contributed by atoms with Gasteiger partial charge in [0.1, 0.15) is 13.2 Å². The summed E-state index contributed by atoms with van der Waals surface area (Å²) in [7, 11) is 0. The van der Waals surface area contributed by atoms with Crippen molar-refractivity contribution in [1.82, 2.24) is 5.01 Å². The highest BCUT2D eigenvalue weighted by Gasteiger charge is 2.90. The van der Waals surface area contributed by atoms with Crippen LogP contribution in [0.2, 0.25) is 0 Å². The van der Waals surface area contributed by atoms with Crippen molar-refractivity contribution in [2.45, 2.75) is 68.5 Å². The van der Waals surface area contributed by atoms with Gasteiger partial charge in [0.2, 0.25) is 0 Å². The number of hydrogen-bond donors (Lipinski definition) is 0. The zero-order valence-corrected chi connectivity index (χ0v) is 34.0. The normalized spacial score (nSPS) is 14.5. The lowest BCUT2D eigenvalue weighted by Crippen LogP contribution is -2.70. The SMILES string of the molecule is CCCN(Cc1ccc(CCC(F)(F)C(F)(F)C(F)(F)C(F)(F)C(F)(F)C(F)(F)F)cc1)N=Nc1ccc(/C=C/c2sc(/C=C/c3ccc(I)cc3)c3c2OCCO3)cc1. The number of aryl methyl sites for hydroxylation is 1. The topological polar surface area (TPSA) is 46.4 Å². The van der Waals surface area contributed by atoms with Gasteiger partial charge >= 0.3 is 35.8 Å². The van der Waals surface area contributed by atoms with Crippen LogP contribution in [0.5, 0.6) is 11.5 Å². The van der Waals surface area contributed by atoms with E-state index in [1.54, 1.807) is 17.1 Å².